The van der Waals surface area contributed by atoms with Crippen LogP contribution in [0.3, 0.4) is 0 Å². The molecule has 2 heteroatoms. The lowest BCUT2D eigenvalue weighted by Gasteiger charge is -2.27. The minimum absolute atomic E-state index is 0.353. The Morgan fingerprint density at radius 1 is 0.952 bits per heavy atom. The molecule has 2 nitrogen and oxygen atoms in total. The summed E-state index contributed by atoms with van der Waals surface area (Å²) in [5.41, 5.74) is 4.01. The molecule has 1 atom stereocenters. The fourth-order valence-corrected chi connectivity index (χ4v) is 2.58. The summed E-state index contributed by atoms with van der Waals surface area (Å²) in [5.74, 6) is 0. The molecule has 0 saturated heterocycles. The van der Waals surface area contributed by atoms with E-state index in [2.05, 4.69) is 85.7 Å². The highest BCUT2D eigenvalue weighted by atomic mass is 15.1. The third-order valence-electron chi connectivity index (χ3n) is 3.89. The molecule has 1 N–H and O–H groups in total. The van der Waals surface area contributed by atoms with Gasteiger partial charge in [-0.05, 0) is 36.2 Å². The van der Waals surface area contributed by atoms with Gasteiger partial charge in [-0.15, -0.1) is 0 Å². The number of hydrogen-bond donors (Lipinski definition) is 1. The van der Waals surface area contributed by atoms with E-state index in [1.807, 2.05) is 0 Å². The van der Waals surface area contributed by atoms with Crippen LogP contribution < -0.4 is 10.2 Å². The van der Waals surface area contributed by atoms with Crippen molar-refractivity contribution in [2.24, 2.45) is 0 Å². The Morgan fingerprint density at radius 2 is 1.62 bits per heavy atom. The smallest absolute Gasteiger partial charge is 0.0498 e. The SMILES string of the molecule is CCNC(CN(C)c1ccccc1)c1ccc(CC)cc1. The number of aryl methyl sites for hydroxylation is 1. The number of para-hydroxylation sites is 1. The number of nitrogens with one attached hydrogen (secondary N) is 1. The lowest BCUT2D eigenvalue weighted by molar-refractivity contribution is 0.550. The summed E-state index contributed by atoms with van der Waals surface area (Å²) < 4.78 is 0. The zero-order valence-corrected chi connectivity index (χ0v) is 13.3. The minimum atomic E-state index is 0.353. The summed E-state index contributed by atoms with van der Waals surface area (Å²) in [4.78, 5) is 2.31. The highest BCUT2D eigenvalue weighted by molar-refractivity contribution is 5.45. The normalized spacial score (nSPS) is 12.1. The molecule has 2 aromatic rings. The van der Waals surface area contributed by atoms with Crippen LogP contribution in [0.15, 0.2) is 54.6 Å². The topological polar surface area (TPSA) is 15.3 Å². The largest absolute Gasteiger partial charge is 0.373 e. The fraction of sp³-hybridized carbons (Fsp3) is 0.368. The van der Waals surface area contributed by atoms with Gasteiger partial charge in [0, 0.05) is 25.3 Å². The van der Waals surface area contributed by atoms with Crippen LogP contribution in [0.5, 0.6) is 0 Å². The van der Waals surface area contributed by atoms with Gasteiger partial charge in [0.05, 0.1) is 0 Å². The highest BCUT2D eigenvalue weighted by Gasteiger charge is 2.13. The Kier molecular flexibility index (Phi) is 5.82. The van der Waals surface area contributed by atoms with Crippen molar-refractivity contribution in [2.75, 3.05) is 25.0 Å². The number of likely N-dealkylation sites (N-methyl/N-ethyl adjacent to an activating group) is 2. The number of rotatable bonds is 7. The van der Waals surface area contributed by atoms with Gasteiger partial charge < -0.3 is 10.2 Å². The Balaban J connectivity index is 2.11. The summed E-state index contributed by atoms with van der Waals surface area (Å²) in [6.07, 6.45) is 1.09. The Morgan fingerprint density at radius 3 is 2.19 bits per heavy atom. The maximum absolute atomic E-state index is 3.60. The van der Waals surface area contributed by atoms with Crippen LogP contribution in [0.2, 0.25) is 0 Å². The molecular weight excluding hydrogens is 256 g/mol. The van der Waals surface area contributed by atoms with Crippen molar-refractivity contribution in [1.82, 2.24) is 5.32 Å². The highest BCUT2D eigenvalue weighted by Crippen LogP contribution is 2.19. The van der Waals surface area contributed by atoms with E-state index in [0.29, 0.717) is 6.04 Å². The fourth-order valence-electron chi connectivity index (χ4n) is 2.58. The van der Waals surface area contributed by atoms with Crippen molar-refractivity contribution < 1.29 is 0 Å². The number of benzene rings is 2. The predicted octanol–water partition coefficient (Wildman–Crippen LogP) is 4.04. The predicted molar refractivity (Wildman–Crippen MR) is 91.9 cm³/mol. The molecule has 0 spiro atoms. The Hall–Kier alpha value is -1.80. The first-order valence-electron chi connectivity index (χ1n) is 7.83. The zero-order valence-electron chi connectivity index (χ0n) is 13.3. The van der Waals surface area contributed by atoms with Crippen LogP contribution in [-0.2, 0) is 6.42 Å². The summed E-state index contributed by atoms with van der Waals surface area (Å²) in [7, 11) is 2.15. The van der Waals surface area contributed by atoms with E-state index in [0.717, 1.165) is 19.5 Å². The van der Waals surface area contributed by atoms with E-state index in [4.69, 9.17) is 0 Å². The second-order valence-corrected chi connectivity index (χ2v) is 5.42. The molecule has 0 amide bonds. The summed E-state index contributed by atoms with van der Waals surface area (Å²) in [6, 6.07) is 19.9. The molecule has 0 aliphatic rings. The van der Waals surface area contributed by atoms with Gasteiger partial charge in [-0.25, -0.2) is 0 Å². The molecule has 0 radical (unpaired) electrons. The van der Waals surface area contributed by atoms with Gasteiger partial charge in [0.2, 0.25) is 0 Å². The van der Waals surface area contributed by atoms with Gasteiger partial charge >= 0.3 is 0 Å². The van der Waals surface area contributed by atoms with Crippen LogP contribution in [0, 0.1) is 0 Å². The standard InChI is InChI=1S/C19H26N2/c1-4-16-11-13-17(14-12-16)19(20-5-2)15-21(3)18-9-7-6-8-10-18/h6-14,19-20H,4-5,15H2,1-3H3. The first-order chi connectivity index (χ1) is 10.2. The maximum Gasteiger partial charge on any atom is 0.0498 e. The van der Waals surface area contributed by atoms with E-state index in [1.165, 1.54) is 16.8 Å². The van der Waals surface area contributed by atoms with Crippen LogP contribution in [-0.4, -0.2) is 20.1 Å². The molecule has 112 valence electrons. The van der Waals surface area contributed by atoms with E-state index in [9.17, 15) is 0 Å². The van der Waals surface area contributed by atoms with Crippen molar-refractivity contribution in [3.8, 4) is 0 Å². The molecule has 0 heterocycles. The van der Waals surface area contributed by atoms with Gasteiger partial charge in [-0.3, -0.25) is 0 Å². The molecule has 0 fully saturated rings. The summed E-state index contributed by atoms with van der Waals surface area (Å²) in [6.45, 7) is 6.29. The molecule has 2 aromatic carbocycles. The summed E-state index contributed by atoms with van der Waals surface area (Å²) in [5, 5.41) is 3.60. The van der Waals surface area contributed by atoms with Crippen LogP contribution >= 0.6 is 0 Å². The lowest BCUT2D eigenvalue weighted by Crippen LogP contribution is -2.33. The number of hydrogen-bond acceptors (Lipinski definition) is 2. The maximum atomic E-state index is 3.60. The average molecular weight is 282 g/mol. The Bertz CT molecular complexity index is 519. The van der Waals surface area contributed by atoms with Crippen molar-refractivity contribution in [2.45, 2.75) is 26.3 Å². The molecule has 0 aliphatic carbocycles. The van der Waals surface area contributed by atoms with E-state index >= 15 is 0 Å². The lowest BCUT2D eigenvalue weighted by atomic mass is 10.0. The zero-order chi connectivity index (χ0) is 15.1. The van der Waals surface area contributed by atoms with Crippen molar-refractivity contribution in [3.05, 3.63) is 65.7 Å². The average Bonchev–Trinajstić information content (AvgIpc) is 2.55. The molecule has 0 bridgehead atoms. The third-order valence-corrected chi connectivity index (χ3v) is 3.89. The monoisotopic (exact) mass is 282 g/mol. The molecule has 21 heavy (non-hydrogen) atoms. The second-order valence-electron chi connectivity index (χ2n) is 5.42. The third kappa shape index (κ3) is 4.33. The van der Waals surface area contributed by atoms with Gasteiger partial charge in [0.25, 0.3) is 0 Å². The van der Waals surface area contributed by atoms with Crippen molar-refractivity contribution >= 4 is 5.69 Å². The minimum Gasteiger partial charge on any atom is -0.373 e. The molecule has 1 unspecified atom stereocenters. The van der Waals surface area contributed by atoms with E-state index in [1.54, 1.807) is 0 Å². The second kappa shape index (κ2) is 7.84. The van der Waals surface area contributed by atoms with Gasteiger partial charge in [0.1, 0.15) is 0 Å². The first-order valence-corrected chi connectivity index (χ1v) is 7.83. The molecule has 0 saturated carbocycles. The number of nitrogens with zero attached hydrogens (tertiary/aromatic N) is 1. The van der Waals surface area contributed by atoms with Crippen LogP contribution in [0.4, 0.5) is 5.69 Å². The van der Waals surface area contributed by atoms with Gasteiger partial charge in [0.15, 0.2) is 0 Å². The Labute approximate surface area is 128 Å². The van der Waals surface area contributed by atoms with Crippen LogP contribution in [0.25, 0.3) is 0 Å². The van der Waals surface area contributed by atoms with E-state index < -0.39 is 0 Å². The first kappa shape index (κ1) is 15.6. The number of anilines is 1. The van der Waals surface area contributed by atoms with Crippen molar-refractivity contribution in [1.29, 1.82) is 0 Å². The van der Waals surface area contributed by atoms with Gasteiger partial charge in [-0.1, -0.05) is 56.3 Å². The summed E-state index contributed by atoms with van der Waals surface area (Å²) >= 11 is 0. The molecule has 2 rings (SSSR count). The van der Waals surface area contributed by atoms with Gasteiger partial charge in [-0.2, -0.15) is 0 Å². The molecule has 0 aliphatic heterocycles. The molecular formula is C19H26N2. The van der Waals surface area contributed by atoms with Crippen LogP contribution in [0.1, 0.15) is 31.0 Å². The van der Waals surface area contributed by atoms with Crippen molar-refractivity contribution in [3.63, 3.8) is 0 Å². The molecule has 0 aromatic heterocycles. The quantitative estimate of drug-likeness (QED) is 0.824. The van der Waals surface area contributed by atoms with E-state index in [-0.39, 0.29) is 0 Å².